The van der Waals surface area contributed by atoms with Gasteiger partial charge in [0, 0.05) is 29.9 Å². The maximum absolute atomic E-state index is 13.0. The molecule has 0 radical (unpaired) electrons. The second-order valence-corrected chi connectivity index (χ2v) is 12.8. The van der Waals surface area contributed by atoms with Crippen molar-refractivity contribution in [2.75, 3.05) is 17.6 Å². The predicted octanol–water partition coefficient (Wildman–Crippen LogP) is 4.14. The number of nitrogens with zero attached hydrogens (tertiary/aromatic N) is 3. The molecule has 2 unspecified atom stereocenters. The number of halogens is 3. The number of carbonyl (C=O) groups is 1. The molecule has 4 heterocycles. The number of alkyl halides is 3. The van der Waals surface area contributed by atoms with Crippen LogP contribution in [0.1, 0.15) is 55.9 Å². The van der Waals surface area contributed by atoms with E-state index in [1.807, 2.05) is 13.8 Å². The Balaban J connectivity index is 1.37. The number of anilines is 1. The molecule has 1 amide bonds. The van der Waals surface area contributed by atoms with Crippen LogP contribution in [0.2, 0.25) is 0 Å². The lowest BCUT2D eigenvalue weighted by molar-refractivity contribution is -0.216. The molecular formula is C23H29F3N4O4S2. The lowest BCUT2D eigenvalue weighted by Crippen LogP contribution is -2.35. The van der Waals surface area contributed by atoms with E-state index in [2.05, 4.69) is 20.2 Å². The Labute approximate surface area is 212 Å². The van der Waals surface area contributed by atoms with Crippen molar-refractivity contribution in [1.29, 1.82) is 0 Å². The van der Waals surface area contributed by atoms with E-state index in [4.69, 9.17) is 4.74 Å². The van der Waals surface area contributed by atoms with Crippen LogP contribution in [-0.2, 0) is 32.3 Å². The highest BCUT2D eigenvalue weighted by Gasteiger charge is 2.46. The van der Waals surface area contributed by atoms with E-state index in [0.717, 1.165) is 10.6 Å². The van der Waals surface area contributed by atoms with Gasteiger partial charge in [0.25, 0.3) is 0 Å². The fraction of sp³-hybridized carbons (Fsp3) is 0.609. The van der Waals surface area contributed by atoms with Crippen LogP contribution in [-0.4, -0.2) is 59.9 Å². The highest BCUT2D eigenvalue weighted by molar-refractivity contribution is 7.91. The molecule has 2 aromatic heterocycles. The first kappa shape index (κ1) is 27.0. The Morgan fingerprint density at radius 3 is 2.64 bits per heavy atom. The lowest BCUT2D eigenvalue weighted by atomic mass is 10.0. The molecule has 1 fully saturated rings. The zero-order chi connectivity index (χ0) is 26.3. The average Bonchev–Trinajstić information content (AvgIpc) is 3.48. The first-order chi connectivity index (χ1) is 16.9. The fourth-order valence-electron chi connectivity index (χ4n) is 4.67. The maximum atomic E-state index is 13.0. The Bertz CT molecular complexity index is 1200. The summed E-state index contributed by atoms with van der Waals surface area (Å²) in [6.45, 7) is 6.56. The molecule has 36 heavy (non-hydrogen) atoms. The van der Waals surface area contributed by atoms with Crippen molar-refractivity contribution >= 4 is 32.2 Å². The van der Waals surface area contributed by atoms with Crippen molar-refractivity contribution in [3.05, 3.63) is 34.6 Å². The van der Waals surface area contributed by atoms with E-state index < -0.39 is 28.2 Å². The standard InChI is InChI=1S/C23H29F3N4O4S2/c1-4-36(32,33)16-7-5-14(27-10-16)9-19(31)28-22-29-20-17(35-22)12-30(21(20)13(2)3)11-15-6-8-18(34-15)23(24,25)26/h5,7,10,13,15,18,21H,4,6,8-9,11-12H2,1-3H3,(H,28,29,31)/t15-,18?,21?/m0/s1. The summed E-state index contributed by atoms with van der Waals surface area (Å²) < 4.78 is 68.0. The number of nitrogens with one attached hydrogen (secondary N) is 1. The molecule has 0 saturated carbocycles. The number of ether oxygens (including phenoxy) is 1. The number of hydrogen-bond donors (Lipinski definition) is 1. The average molecular weight is 547 g/mol. The number of carbonyl (C=O) groups excluding carboxylic acids is 1. The highest BCUT2D eigenvalue weighted by atomic mass is 32.2. The van der Waals surface area contributed by atoms with Crippen LogP contribution >= 0.6 is 11.3 Å². The van der Waals surface area contributed by atoms with Gasteiger partial charge < -0.3 is 10.1 Å². The van der Waals surface area contributed by atoms with E-state index >= 15 is 0 Å². The Morgan fingerprint density at radius 2 is 2.06 bits per heavy atom. The molecule has 2 aliphatic heterocycles. The largest absolute Gasteiger partial charge is 0.414 e. The van der Waals surface area contributed by atoms with Crippen LogP contribution in [0.15, 0.2) is 23.2 Å². The zero-order valence-electron chi connectivity index (χ0n) is 20.2. The summed E-state index contributed by atoms with van der Waals surface area (Å²) in [5.74, 6) is -0.185. The Morgan fingerprint density at radius 1 is 1.31 bits per heavy atom. The number of fused-ring (bicyclic) bond motifs is 1. The van der Waals surface area contributed by atoms with Crippen LogP contribution in [0.5, 0.6) is 0 Å². The van der Waals surface area contributed by atoms with Gasteiger partial charge >= 0.3 is 6.18 Å². The molecule has 2 aliphatic rings. The topological polar surface area (TPSA) is 101 Å². The van der Waals surface area contributed by atoms with Gasteiger partial charge in [-0.25, -0.2) is 13.4 Å². The molecule has 4 rings (SSSR count). The first-order valence-corrected chi connectivity index (χ1v) is 14.3. The van der Waals surface area contributed by atoms with Gasteiger partial charge in [-0.15, -0.1) is 11.3 Å². The van der Waals surface area contributed by atoms with Gasteiger partial charge in [-0.2, -0.15) is 13.2 Å². The van der Waals surface area contributed by atoms with Crippen LogP contribution in [0.4, 0.5) is 18.3 Å². The molecule has 8 nitrogen and oxygen atoms in total. The number of aromatic nitrogens is 2. The number of hydrogen-bond acceptors (Lipinski definition) is 8. The fourth-order valence-corrected chi connectivity index (χ4v) is 6.53. The van der Waals surface area contributed by atoms with Gasteiger partial charge in [0.15, 0.2) is 21.1 Å². The molecule has 198 valence electrons. The van der Waals surface area contributed by atoms with Gasteiger partial charge in [0.2, 0.25) is 5.91 Å². The van der Waals surface area contributed by atoms with E-state index in [-0.39, 0.29) is 41.4 Å². The summed E-state index contributed by atoms with van der Waals surface area (Å²) in [5.41, 5.74) is 1.27. The van der Waals surface area contributed by atoms with Crippen LogP contribution in [0, 0.1) is 5.92 Å². The zero-order valence-corrected chi connectivity index (χ0v) is 21.8. The molecule has 3 atom stereocenters. The second-order valence-electron chi connectivity index (χ2n) is 9.43. The minimum atomic E-state index is -4.34. The van der Waals surface area contributed by atoms with Gasteiger partial charge in [-0.1, -0.05) is 20.8 Å². The van der Waals surface area contributed by atoms with E-state index in [9.17, 15) is 26.4 Å². The van der Waals surface area contributed by atoms with E-state index in [1.165, 1.54) is 29.7 Å². The normalized spacial score (nSPS) is 22.8. The molecule has 1 saturated heterocycles. The summed E-state index contributed by atoms with van der Waals surface area (Å²) in [6.07, 6.45) is -4.93. The van der Waals surface area contributed by atoms with Crippen LogP contribution < -0.4 is 5.32 Å². The third-order valence-electron chi connectivity index (χ3n) is 6.41. The number of amides is 1. The number of sulfone groups is 1. The number of thiazole rings is 1. The molecule has 0 bridgehead atoms. The Hall–Kier alpha value is -2.09. The third kappa shape index (κ3) is 5.90. The maximum Gasteiger partial charge on any atom is 0.414 e. The predicted molar refractivity (Wildman–Crippen MR) is 128 cm³/mol. The molecular weight excluding hydrogens is 517 g/mol. The summed E-state index contributed by atoms with van der Waals surface area (Å²) in [5, 5.41) is 3.24. The van der Waals surface area contributed by atoms with Crippen molar-refractivity contribution in [2.24, 2.45) is 5.92 Å². The molecule has 0 aromatic carbocycles. The summed E-state index contributed by atoms with van der Waals surface area (Å²) in [4.78, 5) is 24.5. The first-order valence-electron chi connectivity index (χ1n) is 11.8. The van der Waals surface area contributed by atoms with Gasteiger partial charge in [0.05, 0.1) is 34.9 Å². The van der Waals surface area contributed by atoms with Gasteiger partial charge in [0.1, 0.15) is 0 Å². The monoisotopic (exact) mass is 546 g/mol. The molecule has 2 aromatic rings. The van der Waals surface area contributed by atoms with Crippen molar-refractivity contribution in [3.63, 3.8) is 0 Å². The summed E-state index contributed by atoms with van der Waals surface area (Å²) >= 11 is 1.35. The van der Waals surface area contributed by atoms with Crippen molar-refractivity contribution in [1.82, 2.24) is 14.9 Å². The summed E-state index contributed by atoms with van der Waals surface area (Å²) in [7, 11) is -3.36. The lowest BCUT2D eigenvalue weighted by Gasteiger charge is -2.30. The SMILES string of the molecule is CCS(=O)(=O)c1ccc(CC(=O)Nc2nc3c(s2)CN(C[C@@H]2CCC(C(F)(F)F)O2)C3C(C)C)nc1. The summed E-state index contributed by atoms with van der Waals surface area (Å²) in [6, 6.07) is 2.88. The van der Waals surface area contributed by atoms with Crippen LogP contribution in [0.25, 0.3) is 0 Å². The van der Waals surface area contributed by atoms with E-state index in [1.54, 1.807) is 6.92 Å². The molecule has 0 aliphatic carbocycles. The van der Waals surface area contributed by atoms with Crippen LogP contribution in [0.3, 0.4) is 0 Å². The second kappa shape index (κ2) is 10.3. The van der Waals surface area contributed by atoms with Crippen molar-refractivity contribution in [3.8, 4) is 0 Å². The molecule has 13 heteroatoms. The number of pyridine rings is 1. The van der Waals surface area contributed by atoms with Crippen molar-refractivity contribution in [2.45, 2.75) is 75.9 Å². The Kier molecular flexibility index (Phi) is 7.75. The van der Waals surface area contributed by atoms with Gasteiger partial charge in [-0.3, -0.25) is 14.7 Å². The van der Waals surface area contributed by atoms with E-state index in [0.29, 0.717) is 30.3 Å². The van der Waals surface area contributed by atoms with Crippen molar-refractivity contribution < 1.29 is 31.1 Å². The molecule has 0 spiro atoms. The quantitative estimate of drug-likeness (QED) is 0.531. The highest BCUT2D eigenvalue weighted by Crippen LogP contribution is 2.43. The molecule has 1 N–H and O–H groups in total. The third-order valence-corrected chi connectivity index (χ3v) is 9.11. The smallest absolute Gasteiger partial charge is 0.364 e. The minimum Gasteiger partial charge on any atom is -0.364 e. The van der Waals surface area contributed by atoms with Gasteiger partial charge in [-0.05, 0) is 30.9 Å². The number of rotatable bonds is 8. The minimum absolute atomic E-state index is 0.0173.